The van der Waals surface area contributed by atoms with Gasteiger partial charge in [-0.05, 0) is 44.3 Å². The monoisotopic (exact) mass is 412 g/mol. The summed E-state index contributed by atoms with van der Waals surface area (Å²) in [6.07, 6.45) is 0. The van der Waals surface area contributed by atoms with Crippen molar-refractivity contribution in [3.05, 3.63) is 66.6 Å². The van der Waals surface area contributed by atoms with Crippen LogP contribution in [0.2, 0.25) is 0 Å². The van der Waals surface area contributed by atoms with Crippen LogP contribution in [0.5, 0.6) is 0 Å². The summed E-state index contributed by atoms with van der Waals surface area (Å²) >= 11 is 0. The second-order valence-corrected chi connectivity index (χ2v) is 9.51. The molecule has 0 radical (unpaired) electrons. The quantitative estimate of drug-likeness (QED) is 0.619. The van der Waals surface area contributed by atoms with Crippen molar-refractivity contribution in [2.75, 3.05) is 33.7 Å². The predicted octanol–water partition coefficient (Wildman–Crippen LogP) is 2.70. The van der Waals surface area contributed by atoms with E-state index in [4.69, 9.17) is 4.42 Å². The van der Waals surface area contributed by atoms with Crippen molar-refractivity contribution in [2.45, 2.75) is 10.8 Å². The maximum absolute atomic E-state index is 13.1. The van der Waals surface area contributed by atoms with E-state index in [1.165, 1.54) is 4.31 Å². The summed E-state index contributed by atoms with van der Waals surface area (Å²) in [6, 6.07) is 18.1. The van der Waals surface area contributed by atoms with Crippen LogP contribution in [-0.2, 0) is 10.0 Å². The first-order chi connectivity index (χ1) is 13.9. The first kappa shape index (κ1) is 19.8. The number of nitrogens with zero attached hydrogens (tertiary/aromatic N) is 4. The number of sulfonamides is 1. The highest BCUT2D eigenvalue weighted by atomic mass is 32.2. The number of hydrogen-bond donors (Lipinski definition) is 0. The number of benzene rings is 2. The van der Waals surface area contributed by atoms with Crippen LogP contribution in [-0.4, -0.2) is 61.5 Å². The molecule has 1 aliphatic rings. The maximum Gasteiger partial charge on any atom is 0.247 e. The minimum absolute atomic E-state index is 0.0626. The Kier molecular flexibility index (Phi) is 5.49. The van der Waals surface area contributed by atoms with Gasteiger partial charge >= 0.3 is 0 Å². The molecule has 0 unspecified atom stereocenters. The highest BCUT2D eigenvalue weighted by molar-refractivity contribution is 7.89. The van der Waals surface area contributed by atoms with Gasteiger partial charge < -0.3 is 9.32 Å². The topological polar surface area (TPSA) is 79.5 Å². The first-order valence-corrected chi connectivity index (χ1v) is 11.0. The molecule has 8 heteroatoms. The molecule has 1 aliphatic heterocycles. The van der Waals surface area contributed by atoms with Gasteiger partial charge in [-0.25, -0.2) is 8.42 Å². The van der Waals surface area contributed by atoms with Crippen molar-refractivity contribution in [2.24, 2.45) is 5.92 Å². The summed E-state index contributed by atoms with van der Waals surface area (Å²) < 4.78 is 33.7. The minimum atomic E-state index is -3.57. The molecule has 3 aromatic rings. The zero-order valence-electron chi connectivity index (χ0n) is 16.5. The Morgan fingerprint density at radius 1 is 1.00 bits per heavy atom. The number of hydrogen-bond acceptors (Lipinski definition) is 6. The fourth-order valence-corrected chi connectivity index (χ4v) is 5.33. The molecule has 0 amide bonds. The van der Waals surface area contributed by atoms with Crippen LogP contribution in [0.25, 0.3) is 11.5 Å². The van der Waals surface area contributed by atoms with E-state index in [0.717, 1.165) is 12.1 Å². The molecule has 152 valence electrons. The molecule has 0 N–H and O–H groups in total. The van der Waals surface area contributed by atoms with Gasteiger partial charge in [0.25, 0.3) is 0 Å². The summed E-state index contributed by atoms with van der Waals surface area (Å²) in [6.45, 7) is 1.48. The summed E-state index contributed by atoms with van der Waals surface area (Å²) in [7, 11) is 0.393. The molecule has 29 heavy (non-hydrogen) atoms. The molecule has 0 aliphatic carbocycles. The van der Waals surface area contributed by atoms with Crippen molar-refractivity contribution in [1.82, 2.24) is 19.4 Å². The average molecular weight is 413 g/mol. The summed E-state index contributed by atoms with van der Waals surface area (Å²) in [5.41, 5.74) is 0.849. The van der Waals surface area contributed by atoms with Crippen molar-refractivity contribution >= 4 is 10.0 Å². The van der Waals surface area contributed by atoms with Gasteiger partial charge in [-0.2, -0.15) is 4.31 Å². The molecular weight excluding hydrogens is 388 g/mol. The van der Waals surface area contributed by atoms with Crippen LogP contribution >= 0.6 is 0 Å². The fraction of sp³-hybridized carbons (Fsp3) is 0.333. The number of rotatable bonds is 6. The van der Waals surface area contributed by atoms with Crippen LogP contribution in [0.4, 0.5) is 0 Å². The van der Waals surface area contributed by atoms with E-state index >= 15 is 0 Å². The molecule has 2 atom stereocenters. The van der Waals surface area contributed by atoms with Crippen LogP contribution < -0.4 is 0 Å². The molecule has 0 bridgehead atoms. The third-order valence-electron chi connectivity index (χ3n) is 5.17. The second-order valence-electron chi connectivity index (χ2n) is 7.58. The van der Waals surface area contributed by atoms with Crippen LogP contribution in [0.3, 0.4) is 0 Å². The third kappa shape index (κ3) is 4.10. The molecule has 0 saturated carbocycles. The van der Waals surface area contributed by atoms with Gasteiger partial charge in [0.15, 0.2) is 0 Å². The highest BCUT2D eigenvalue weighted by Gasteiger charge is 2.42. The van der Waals surface area contributed by atoms with Gasteiger partial charge in [0.2, 0.25) is 21.8 Å². The summed E-state index contributed by atoms with van der Waals surface area (Å²) in [5.74, 6) is 0.850. The van der Waals surface area contributed by atoms with Crippen molar-refractivity contribution in [3.8, 4) is 11.5 Å². The Morgan fingerprint density at radius 3 is 2.31 bits per heavy atom. The van der Waals surface area contributed by atoms with E-state index in [1.807, 2.05) is 50.5 Å². The summed E-state index contributed by atoms with van der Waals surface area (Å²) in [5, 5.41) is 8.46. The minimum Gasteiger partial charge on any atom is -0.420 e. The largest absolute Gasteiger partial charge is 0.420 e. The lowest BCUT2D eigenvalue weighted by atomic mass is 9.95. The SMILES string of the molecule is CN(C)C[C@H]1CN(S(=O)(=O)c2ccccc2)C[C@@H]1c1nnc(-c2ccccc2)o1. The normalized spacial score (nSPS) is 20.4. The molecule has 1 saturated heterocycles. The standard InChI is InChI=1S/C21H24N4O3S/c1-24(2)13-17-14-25(29(26,27)18-11-7-4-8-12-18)15-19(17)21-23-22-20(28-21)16-9-5-3-6-10-16/h3-12,17,19H,13-15H2,1-2H3/t17-,19-/m0/s1. The van der Waals surface area contributed by atoms with Crippen molar-refractivity contribution < 1.29 is 12.8 Å². The molecule has 7 nitrogen and oxygen atoms in total. The van der Waals surface area contributed by atoms with E-state index in [-0.39, 0.29) is 11.8 Å². The zero-order chi connectivity index (χ0) is 20.4. The summed E-state index contributed by atoms with van der Waals surface area (Å²) in [4.78, 5) is 2.37. The Hall–Kier alpha value is -2.55. The van der Waals surface area contributed by atoms with E-state index < -0.39 is 10.0 Å². The van der Waals surface area contributed by atoms with Gasteiger partial charge in [0, 0.05) is 25.2 Å². The van der Waals surface area contributed by atoms with Crippen LogP contribution in [0.1, 0.15) is 11.8 Å². The van der Waals surface area contributed by atoms with Crippen LogP contribution in [0.15, 0.2) is 70.0 Å². The predicted molar refractivity (Wildman–Crippen MR) is 110 cm³/mol. The molecule has 4 rings (SSSR count). The number of aromatic nitrogens is 2. The lowest BCUT2D eigenvalue weighted by Gasteiger charge is -2.19. The van der Waals surface area contributed by atoms with E-state index in [9.17, 15) is 8.42 Å². The first-order valence-electron chi connectivity index (χ1n) is 9.54. The Balaban J connectivity index is 1.63. The van der Waals surface area contributed by atoms with Gasteiger partial charge in [0.1, 0.15) is 0 Å². The van der Waals surface area contributed by atoms with E-state index in [1.54, 1.807) is 24.3 Å². The van der Waals surface area contributed by atoms with Gasteiger partial charge in [-0.15, -0.1) is 10.2 Å². The van der Waals surface area contributed by atoms with Gasteiger partial charge in [0.05, 0.1) is 10.8 Å². The molecule has 1 aromatic heterocycles. The van der Waals surface area contributed by atoms with Gasteiger partial charge in [-0.3, -0.25) is 0 Å². The lowest BCUT2D eigenvalue weighted by molar-refractivity contribution is 0.300. The highest BCUT2D eigenvalue weighted by Crippen LogP contribution is 2.36. The Morgan fingerprint density at radius 2 is 1.66 bits per heavy atom. The van der Waals surface area contributed by atoms with E-state index in [2.05, 4.69) is 15.1 Å². The van der Waals surface area contributed by atoms with E-state index in [0.29, 0.717) is 29.8 Å². The third-order valence-corrected chi connectivity index (χ3v) is 7.01. The molecule has 2 heterocycles. The molecule has 1 fully saturated rings. The van der Waals surface area contributed by atoms with Crippen LogP contribution in [0, 0.1) is 5.92 Å². The van der Waals surface area contributed by atoms with Gasteiger partial charge in [-0.1, -0.05) is 36.4 Å². The molecule has 2 aromatic carbocycles. The molecular formula is C21H24N4O3S. The van der Waals surface area contributed by atoms with Crippen molar-refractivity contribution in [1.29, 1.82) is 0 Å². The molecule has 0 spiro atoms. The van der Waals surface area contributed by atoms with Crippen molar-refractivity contribution in [3.63, 3.8) is 0 Å². The Labute approximate surface area is 171 Å². The fourth-order valence-electron chi connectivity index (χ4n) is 3.79. The smallest absolute Gasteiger partial charge is 0.247 e. The lowest BCUT2D eigenvalue weighted by Crippen LogP contribution is -2.30. The second kappa shape index (κ2) is 8.06. The maximum atomic E-state index is 13.1. The zero-order valence-corrected chi connectivity index (χ0v) is 17.3. The average Bonchev–Trinajstić information content (AvgIpc) is 3.36. The Bertz CT molecular complexity index is 1050.